The Hall–Kier alpha value is -4.72. The molecule has 0 unspecified atom stereocenters. The molecule has 4 aromatic carbocycles. The molecule has 0 spiro atoms. The lowest BCUT2D eigenvalue weighted by molar-refractivity contribution is 0.0682. The molecule has 0 aliphatic rings. The second-order valence-corrected chi connectivity index (χ2v) is 8.78. The molecule has 0 aliphatic carbocycles. The first-order valence-corrected chi connectivity index (χ1v) is 11.2. The maximum absolute atomic E-state index is 13.8. The first-order valence-electron chi connectivity index (χ1n) is 11.2. The van der Waals surface area contributed by atoms with Gasteiger partial charge in [-0.2, -0.15) is 0 Å². The van der Waals surface area contributed by atoms with Crippen LogP contribution in [0, 0.1) is 25.5 Å². The second-order valence-electron chi connectivity index (χ2n) is 8.78. The summed E-state index contributed by atoms with van der Waals surface area (Å²) >= 11 is 0. The molecule has 188 valence electrons. The fourth-order valence-corrected chi connectivity index (χ4v) is 4.17. The van der Waals surface area contributed by atoms with Crippen molar-refractivity contribution >= 4 is 11.9 Å². The SMILES string of the molecule is Cc1cc(-c2cc(Cc3cc(-c4ccc(F)c(C)c4)cc(C(=O)O)c3O)c(O)c(C(=O)O)c2)ccc1F. The molecule has 4 N–H and O–H groups in total. The molecular formula is C29H22F2O6. The number of aryl methyl sites for hydroxylation is 2. The Morgan fingerprint density at radius 3 is 1.32 bits per heavy atom. The molecule has 0 amide bonds. The van der Waals surface area contributed by atoms with Crippen LogP contribution in [0.15, 0.2) is 60.7 Å². The summed E-state index contributed by atoms with van der Waals surface area (Å²) in [6.07, 6.45) is -0.222. The van der Waals surface area contributed by atoms with Crippen molar-refractivity contribution < 1.29 is 38.8 Å². The molecule has 0 aliphatic heterocycles. The van der Waals surface area contributed by atoms with Crippen LogP contribution in [0.25, 0.3) is 22.3 Å². The van der Waals surface area contributed by atoms with Gasteiger partial charge in [0, 0.05) is 6.42 Å². The molecule has 0 atom stereocenters. The zero-order valence-corrected chi connectivity index (χ0v) is 19.8. The normalized spacial score (nSPS) is 10.9. The molecule has 8 heteroatoms. The Bertz CT molecular complexity index is 1460. The number of aromatic hydroxyl groups is 2. The molecule has 6 nitrogen and oxygen atoms in total. The summed E-state index contributed by atoms with van der Waals surface area (Å²) < 4.78 is 27.6. The van der Waals surface area contributed by atoms with E-state index in [9.17, 15) is 38.8 Å². The molecule has 0 radical (unpaired) electrons. The molecule has 4 aromatic rings. The fourth-order valence-electron chi connectivity index (χ4n) is 4.17. The number of phenols is 2. The van der Waals surface area contributed by atoms with E-state index in [-0.39, 0.29) is 17.5 Å². The number of aromatic carboxylic acids is 2. The van der Waals surface area contributed by atoms with Gasteiger partial charge in [-0.05, 0) is 107 Å². The third kappa shape index (κ3) is 4.99. The van der Waals surface area contributed by atoms with E-state index < -0.39 is 46.2 Å². The van der Waals surface area contributed by atoms with Gasteiger partial charge < -0.3 is 20.4 Å². The van der Waals surface area contributed by atoms with Gasteiger partial charge in [0.05, 0.1) is 0 Å². The Morgan fingerprint density at radius 1 is 0.622 bits per heavy atom. The number of benzene rings is 4. The summed E-state index contributed by atoms with van der Waals surface area (Å²) in [7, 11) is 0. The van der Waals surface area contributed by atoms with Crippen LogP contribution in [0.4, 0.5) is 8.78 Å². The molecule has 4 rings (SSSR count). The van der Waals surface area contributed by atoms with Crippen molar-refractivity contribution in [1.29, 1.82) is 0 Å². The van der Waals surface area contributed by atoms with Gasteiger partial charge in [-0.3, -0.25) is 0 Å². The van der Waals surface area contributed by atoms with E-state index in [0.29, 0.717) is 33.4 Å². The maximum Gasteiger partial charge on any atom is 0.339 e. The second kappa shape index (κ2) is 9.73. The van der Waals surface area contributed by atoms with Crippen LogP contribution in [0.2, 0.25) is 0 Å². The van der Waals surface area contributed by atoms with Crippen LogP contribution in [0.1, 0.15) is 43.0 Å². The molecule has 0 saturated heterocycles. The minimum absolute atomic E-state index is 0.107. The Kier molecular flexibility index (Phi) is 6.68. The van der Waals surface area contributed by atoms with Gasteiger partial charge in [-0.1, -0.05) is 12.1 Å². The van der Waals surface area contributed by atoms with Gasteiger partial charge in [0.2, 0.25) is 0 Å². The smallest absolute Gasteiger partial charge is 0.339 e. The van der Waals surface area contributed by atoms with E-state index in [2.05, 4.69) is 0 Å². The largest absolute Gasteiger partial charge is 0.507 e. The third-order valence-electron chi connectivity index (χ3n) is 6.20. The standard InChI is InChI=1S/C29H22F2O6/c1-14-7-16(3-5-24(14)30)18-9-20(26(32)22(12-18)28(34)35)11-21-10-19(13-23(27(21)33)29(36)37)17-4-6-25(31)15(2)8-17/h3-10,12-13,32-33H,11H2,1-2H3,(H,34,35)(H,36,37). The maximum atomic E-state index is 13.8. The average molecular weight is 504 g/mol. The highest BCUT2D eigenvalue weighted by Gasteiger charge is 2.21. The number of halogens is 2. The van der Waals surface area contributed by atoms with Crippen LogP contribution in [0.3, 0.4) is 0 Å². The third-order valence-corrected chi connectivity index (χ3v) is 6.20. The van der Waals surface area contributed by atoms with E-state index in [0.717, 1.165) is 0 Å². The van der Waals surface area contributed by atoms with E-state index in [1.165, 1.54) is 60.7 Å². The molecule has 37 heavy (non-hydrogen) atoms. The van der Waals surface area contributed by atoms with Crippen LogP contribution < -0.4 is 0 Å². The zero-order chi connectivity index (χ0) is 27.0. The fraction of sp³-hybridized carbons (Fsp3) is 0.103. The van der Waals surface area contributed by atoms with Crippen molar-refractivity contribution in [2.24, 2.45) is 0 Å². The predicted octanol–water partition coefficient (Wildman–Crippen LogP) is 6.31. The minimum Gasteiger partial charge on any atom is -0.507 e. The molecule has 0 aromatic heterocycles. The summed E-state index contributed by atoms with van der Waals surface area (Å²) in [6, 6.07) is 14.0. The van der Waals surface area contributed by atoms with Crippen molar-refractivity contribution in [2.75, 3.05) is 0 Å². The molecule has 0 heterocycles. The van der Waals surface area contributed by atoms with Gasteiger partial charge in [-0.15, -0.1) is 0 Å². The number of carboxylic acids is 2. The lowest BCUT2D eigenvalue weighted by atomic mass is 9.91. The van der Waals surface area contributed by atoms with Crippen LogP contribution in [-0.4, -0.2) is 32.4 Å². The van der Waals surface area contributed by atoms with Crippen molar-refractivity contribution in [3.8, 4) is 33.8 Å². The Labute approximate surface area is 210 Å². The lowest BCUT2D eigenvalue weighted by Crippen LogP contribution is -2.04. The van der Waals surface area contributed by atoms with E-state index in [1.54, 1.807) is 13.8 Å². The quantitative estimate of drug-likeness (QED) is 0.245. The predicted molar refractivity (Wildman–Crippen MR) is 133 cm³/mol. The average Bonchev–Trinajstić information content (AvgIpc) is 2.84. The Balaban J connectivity index is 1.89. The highest BCUT2D eigenvalue weighted by Crippen LogP contribution is 2.37. The van der Waals surface area contributed by atoms with Crippen molar-refractivity contribution in [2.45, 2.75) is 20.3 Å². The number of hydrogen-bond acceptors (Lipinski definition) is 4. The van der Waals surface area contributed by atoms with Gasteiger partial charge in [-0.25, -0.2) is 18.4 Å². The summed E-state index contributed by atoms with van der Waals surface area (Å²) in [6.45, 7) is 3.12. The first kappa shape index (κ1) is 25.4. The van der Waals surface area contributed by atoms with Gasteiger partial charge in [0.1, 0.15) is 34.3 Å². The number of rotatable bonds is 6. The highest BCUT2D eigenvalue weighted by atomic mass is 19.1. The number of carbonyl (C=O) groups is 2. The number of carboxylic acid groups (broad SMARTS) is 2. The van der Waals surface area contributed by atoms with Crippen LogP contribution in [-0.2, 0) is 6.42 Å². The van der Waals surface area contributed by atoms with Gasteiger partial charge in [0.15, 0.2) is 0 Å². The first-order chi connectivity index (χ1) is 17.5. The molecule has 0 fully saturated rings. The van der Waals surface area contributed by atoms with Crippen molar-refractivity contribution in [3.05, 3.63) is 106 Å². The number of hydrogen-bond donors (Lipinski definition) is 4. The monoisotopic (exact) mass is 504 g/mol. The van der Waals surface area contributed by atoms with Crippen LogP contribution >= 0.6 is 0 Å². The molecule has 0 bridgehead atoms. The summed E-state index contributed by atoms with van der Waals surface area (Å²) in [4.78, 5) is 23.7. The van der Waals surface area contributed by atoms with E-state index in [1.807, 2.05) is 0 Å². The zero-order valence-electron chi connectivity index (χ0n) is 19.8. The summed E-state index contributed by atoms with van der Waals surface area (Å²) in [5, 5.41) is 40.8. The highest BCUT2D eigenvalue weighted by molar-refractivity contribution is 5.94. The van der Waals surface area contributed by atoms with Gasteiger partial charge in [0.25, 0.3) is 0 Å². The molecular weight excluding hydrogens is 482 g/mol. The van der Waals surface area contributed by atoms with E-state index in [4.69, 9.17) is 0 Å². The van der Waals surface area contributed by atoms with Crippen molar-refractivity contribution in [1.82, 2.24) is 0 Å². The van der Waals surface area contributed by atoms with Crippen molar-refractivity contribution in [3.63, 3.8) is 0 Å². The topological polar surface area (TPSA) is 115 Å². The van der Waals surface area contributed by atoms with Crippen LogP contribution in [0.5, 0.6) is 11.5 Å². The Morgan fingerprint density at radius 2 is 1.00 bits per heavy atom. The lowest BCUT2D eigenvalue weighted by Gasteiger charge is -2.15. The summed E-state index contributed by atoms with van der Waals surface area (Å²) in [5.74, 6) is -4.75. The molecule has 0 saturated carbocycles. The van der Waals surface area contributed by atoms with E-state index >= 15 is 0 Å². The van der Waals surface area contributed by atoms with Gasteiger partial charge >= 0.3 is 11.9 Å². The minimum atomic E-state index is -1.40. The summed E-state index contributed by atoms with van der Waals surface area (Å²) in [5.41, 5.74) is 1.88.